The third-order valence-electron chi connectivity index (χ3n) is 5.72. The molecule has 0 unspecified atom stereocenters. The lowest BCUT2D eigenvalue weighted by Crippen LogP contribution is -2.49. The average molecular weight is 438 g/mol. The zero-order valence-corrected chi connectivity index (χ0v) is 19.1. The Morgan fingerprint density at radius 3 is 2.25 bits per heavy atom. The Kier molecular flexibility index (Phi) is 7.36. The molecule has 2 aromatic rings. The smallest absolute Gasteiger partial charge is 0.336 e. The molecule has 0 saturated heterocycles. The summed E-state index contributed by atoms with van der Waals surface area (Å²) in [5.41, 5.74) is 1.99. The van der Waals surface area contributed by atoms with Crippen LogP contribution >= 0.6 is 0 Å². The SMILES string of the molecule is CCOC(=O)C1=C(Nc2ccccc2)C[C@](C)(O)[C@@H](C(=O)OCC)[C@H]1c1ccc(C)cc1. The number of aryl methyl sites for hydroxylation is 1. The summed E-state index contributed by atoms with van der Waals surface area (Å²) in [7, 11) is 0. The largest absolute Gasteiger partial charge is 0.466 e. The molecule has 0 aliphatic heterocycles. The minimum absolute atomic E-state index is 0.0713. The second kappa shape index (κ2) is 10.0. The molecular formula is C26H31NO5. The number of esters is 2. The van der Waals surface area contributed by atoms with E-state index < -0.39 is 29.4 Å². The topological polar surface area (TPSA) is 84.9 Å². The molecule has 0 saturated carbocycles. The van der Waals surface area contributed by atoms with Crippen molar-refractivity contribution in [2.24, 2.45) is 5.92 Å². The fraction of sp³-hybridized carbons (Fsp3) is 0.385. The maximum atomic E-state index is 13.2. The lowest BCUT2D eigenvalue weighted by molar-refractivity contribution is -0.159. The predicted molar refractivity (Wildman–Crippen MR) is 123 cm³/mol. The van der Waals surface area contributed by atoms with E-state index in [0.717, 1.165) is 16.8 Å². The number of carbonyl (C=O) groups excluding carboxylic acids is 2. The van der Waals surface area contributed by atoms with Crippen LogP contribution in [-0.2, 0) is 19.1 Å². The van der Waals surface area contributed by atoms with Crippen LogP contribution in [0, 0.1) is 12.8 Å². The lowest BCUT2D eigenvalue weighted by Gasteiger charge is -2.43. The highest BCUT2D eigenvalue weighted by atomic mass is 16.5. The highest BCUT2D eigenvalue weighted by molar-refractivity contribution is 5.94. The van der Waals surface area contributed by atoms with Gasteiger partial charge in [0, 0.05) is 23.7 Å². The molecule has 1 aliphatic rings. The molecule has 0 fully saturated rings. The highest BCUT2D eigenvalue weighted by Gasteiger charge is 2.52. The Labute approximate surface area is 189 Å². The van der Waals surface area contributed by atoms with Crippen LogP contribution in [0.1, 0.15) is 44.2 Å². The molecular weight excluding hydrogens is 406 g/mol. The molecule has 6 heteroatoms. The van der Waals surface area contributed by atoms with Gasteiger partial charge in [0.15, 0.2) is 0 Å². The monoisotopic (exact) mass is 437 g/mol. The van der Waals surface area contributed by atoms with Gasteiger partial charge < -0.3 is 19.9 Å². The fourth-order valence-electron chi connectivity index (χ4n) is 4.30. The van der Waals surface area contributed by atoms with Gasteiger partial charge in [0.05, 0.1) is 30.3 Å². The lowest BCUT2D eigenvalue weighted by atomic mass is 9.65. The maximum Gasteiger partial charge on any atom is 0.336 e. The van der Waals surface area contributed by atoms with Gasteiger partial charge in [-0.05, 0) is 45.4 Å². The summed E-state index contributed by atoms with van der Waals surface area (Å²) in [4.78, 5) is 26.3. The van der Waals surface area contributed by atoms with E-state index in [1.54, 1.807) is 20.8 Å². The van der Waals surface area contributed by atoms with Crippen LogP contribution in [-0.4, -0.2) is 35.9 Å². The quantitative estimate of drug-likeness (QED) is 0.627. The van der Waals surface area contributed by atoms with Crippen molar-refractivity contribution in [3.8, 4) is 0 Å². The van der Waals surface area contributed by atoms with Crippen LogP contribution in [0.15, 0.2) is 65.9 Å². The second-order valence-electron chi connectivity index (χ2n) is 8.26. The van der Waals surface area contributed by atoms with Crippen molar-refractivity contribution in [1.82, 2.24) is 0 Å². The van der Waals surface area contributed by atoms with Crippen LogP contribution in [0.4, 0.5) is 5.69 Å². The van der Waals surface area contributed by atoms with Gasteiger partial charge in [-0.25, -0.2) is 4.79 Å². The number of aliphatic hydroxyl groups is 1. The number of hydrogen-bond donors (Lipinski definition) is 2. The Bertz CT molecular complexity index is 979. The van der Waals surface area contributed by atoms with Crippen molar-refractivity contribution in [3.05, 3.63) is 77.0 Å². The van der Waals surface area contributed by atoms with E-state index >= 15 is 0 Å². The van der Waals surface area contributed by atoms with Crippen molar-refractivity contribution >= 4 is 17.6 Å². The number of ether oxygens (including phenoxy) is 2. The molecule has 0 radical (unpaired) electrons. The number of benzene rings is 2. The highest BCUT2D eigenvalue weighted by Crippen LogP contribution is 2.48. The van der Waals surface area contributed by atoms with Crippen molar-refractivity contribution < 1.29 is 24.2 Å². The average Bonchev–Trinajstić information content (AvgIpc) is 2.74. The van der Waals surface area contributed by atoms with Gasteiger partial charge in [-0.2, -0.15) is 0 Å². The molecule has 32 heavy (non-hydrogen) atoms. The van der Waals surface area contributed by atoms with E-state index in [1.165, 1.54) is 0 Å². The van der Waals surface area contributed by atoms with Gasteiger partial charge in [-0.1, -0.05) is 48.0 Å². The first-order valence-corrected chi connectivity index (χ1v) is 11.0. The van der Waals surface area contributed by atoms with Crippen molar-refractivity contribution in [1.29, 1.82) is 0 Å². The molecule has 3 atom stereocenters. The van der Waals surface area contributed by atoms with E-state index in [1.807, 2.05) is 61.5 Å². The summed E-state index contributed by atoms with van der Waals surface area (Å²) >= 11 is 0. The first-order chi connectivity index (χ1) is 15.3. The number of carbonyl (C=O) groups is 2. The minimum Gasteiger partial charge on any atom is -0.466 e. The first kappa shape index (κ1) is 23.5. The molecule has 170 valence electrons. The molecule has 0 heterocycles. The van der Waals surface area contributed by atoms with Crippen molar-refractivity contribution in [2.45, 2.75) is 45.6 Å². The third kappa shape index (κ3) is 5.02. The van der Waals surface area contributed by atoms with Crippen LogP contribution in [0.2, 0.25) is 0 Å². The zero-order chi connectivity index (χ0) is 23.3. The van der Waals surface area contributed by atoms with Crippen molar-refractivity contribution in [3.63, 3.8) is 0 Å². The molecule has 3 rings (SSSR count). The summed E-state index contributed by atoms with van der Waals surface area (Å²) in [5.74, 6) is -2.75. The van der Waals surface area contributed by atoms with Crippen LogP contribution < -0.4 is 5.32 Å². The van der Waals surface area contributed by atoms with Gasteiger partial charge in [0.25, 0.3) is 0 Å². The van der Waals surface area contributed by atoms with Gasteiger partial charge in [0.1, 0.15) is 0 Å². The van der Waals surface area contributed by atoms with Gasteiger partial charge in [0.2, 0.25) is 0 Å². The fourth-order valence-corrected chi connectivity index (χ4v) is 4.30. The zero-order valence-electron chi connectivity index (χ0n) is 19.1. The number of anilines is 1. The minimum atomic E-state index is -1.45. The van der Waals surface area contributed by atoms with Crippen LogP contribution in [0.3, 0.4) is 0 Å². The number of rotatable bonds is 7. The molecule has 0 aromatic heterocycles. The van der Waals surface area contributed by atoms with Crippen molar-refractivity contribution in [2.75, 3.05) is 18.5 Å². The van der Waals surface area contributed by atoms with Gasteiger partial charge in [-0.3, -0.25) is 4.79 Å². The van der Waals surface area contributed by atoms with E-state index in [2.05, 4.69) is 5.32 Å². The predicted octanol–water partition coefficient (Wildman–Crippen LogP) is 4.34. The Morgan fingerprint density at radius 2 is 1.66 bits per heavy atom. The van der Waals surface area contributed by atoms with E-state index in [-0.39, 0.29) is 19.6 Å². The molecule has 1 aliphatic carbocycles. The number of para-hydroxylation sites is 1. The Hall–Kier alpha value is -3.12. The van der Waals surface area contributed by atoms with Crippen LogP contribution in [0.25, 0.3) is 0 Å². The Balaban J connectivity index is 2.23. The Morgan fingerprint density at radius 1 is 1.03 bits per heavy atom. The molecule has 2 N–H and O–H groups in total. The molecule has 2 aromatic carbocycles. The second-order valence-corrected chi connectivity index (χ2v) is 8.26. The molecule has 6 nitrogen and oxygen atoms in total. The standard InChI is InChI=1S/C26H31NO5/c1-5-31-24(28)22-20(27-19-10-8-7-9-11-19)16-26(4,30)23(25(29)32-6-2)21(22)18-14-12-17(3)13-15-18/h7-15,21,23,27,30H,5-6,16H2,1-4H3/t21-,23+,26-/m0/s1. The van der Waals surface area contributed by atoms with E-state index in [9.17, 15) is 14.7 Å². The summed E-state index contributed by atoms with van der Waals surface area (Å²) in [5, 5.41) is 14.8. The van der Waals surface area contributed by atoms with Crippen LogP contribution in [0.5, 0.6) is 0 Å². The summed E-state index contributed by atoms with van der Waals surface area (Å²) in [6, 6.07) is 17.0. The molecule has 0 amide bonds. The van der Waals surface area contributed by atoms with E-state index in [4.69, 9.17) is 9.47 Å². The number of hydrogen-bond acceptors (Lipinski definition) is 6. The summed E-state index contributed by atoms with van der Waals surface area (Å²) < 4.78 is 10.8. The maximum absolute atomic E-state index is 13.2. The number of nitrogens with one attached hydrogen (secondary N) is 1. The van der Waals surface area contributed by atoms with Gasteiger partial charge >= 0.3 is 11.9 Å². The third-order valence-corrected chi connectivity index (χ3v) is 5.72. The summed E-state index contributed by atoms with van der Waals surface area (Å²) in [6.07, 6.45) is 0.0713. The van der Waals surface area contributed by atoms with E-state index in [0.29, 0.717) is 11.3 Å². The normalized spacial score (nSPS) is 22.9. The molecule has 0 bridgehead atoms. The molecule has 0 spiro atoms. The summed E-state index contributed by atoms with van der Waals surface area (Å²) in [6.45, 7) is 7.42. The first-order valence-electron chi connectivity index (χ1n) is 11.0. The van der Waals surface area contributed by atoms with Gasteiger partial charge in [-0.15, -0.1) is 0 Å².